The minimum Gasteiger partial charge on any atom is -0.213 e. The molecule has 0 aromatic carbocycles. The van der Waals surface area contributed by atoms with Crippen LogP contribution in [-0.2, 0) is 26.6 Å². The van der Waals surface area contributed by atoms with E-state index in [9.17, 15) is 16.8 Å². The van der Waals surface area contributed by atoms with Crippen molar-refractivity contribution in [2.45, 2.75) is 13.0 Å². The summed E-state index contributed by atoms with van der Waals surface area (Å²) >= 11 is 1.52. The molecule has 114 valence electrons. The maximum atomic E-state index is 12.0. The van der Waals surface area contributed by atoms with Crippen molar-refractivity contribution < 1.29 is 16.8 Å². The van der Waals surface area contributed by atoms with E-state index < -0.39 is 20.0 Å². The molecule has 1 unspecified atom stereocenters. The predicted molar refractivity (Wildman–Crippen MR) is 79.5 cm³/mol. The summed E-state index contributed by atoms with van der Waals surface area (Å²) in [5.74, 6) is -0.159. The van der Waals surface area contributed by atoms with Gasteiger partial charge in [0.2, 0.25) is 20.0 Å². The van der Waals surface area contributed by atoms with Crippen LogP contribution in [0.2, 0.25) is 0 Å². The normalized spacial score (nSPS) is 21.4. The second-order valence-electron chi connectivity index (χ2n) is 5.01. The minimum atomic E-state index is -3.38. The highest BCUT2D eigenvalue weighted by molar-refractivity contribution is 7.89. The third-order valence-electron chi connectivity index (χ3n) is 3.25. The van der Waals surface area contributed by atoms with Crippen molar-refractivity contribution in [3.8, 4) is 0 Å². The molecule has 9 heteroatoms. The van der Waals surface area contributed by atoms with Crippen LogP contribution < -0.4 is 4.72 Å². The number of sulfonamides is 2. The maximum Gasteiger partial charge on any atom is 0.212 e. The number of hydrogen-bond acceptors (Lipinski definition) is 5. The number of nitrogens with zero attached hydrogens (tertiary/aromatic N) is 1. The lowest BCUT2D eigenvalue weighted by Crippen LogP contribution is -2.32. The quantitative estimate of drug-likeness (QED) is 0.816. The first kappa shape index (κ1) is 15.9. The van der Waals surface area contributed by atoms with Crippen LogP contribution in [-0.4, -0.2) is 46.2 Å². The van der Waals surface area contributed by atoms with Gasteiger partial charge in [0.15, 0.2) is 0 Å². The predicted octanol–water partition coefficient (Wildman–Crippen LogP) is 0.449. The molecule has 1 saturated heterocycles. The lowest BCUT2D eigenvalue weighted by atomic mass is 10.2. The topological polar surface area (TPSA) is 83.6 Å². The second-order valence-corrected chi connectivity index (χ2v) is 9.62. The zero-order valence-electron chi connectivity index (χ0n) is 11.1. The average molecular weight is 338 g/mol. The molecule has 1 aromatic heterocycles. The van der Waals surface area contributed by atoms with E-state index in [4.69, 9.17) is 0 Å². The standard InChI is InChI=1S/C11H18N2O4S3/c1-19(14,15)13-4-2-11(7-13)9-20(16,17)12-6-10-3-5-18-8-10/h3,5,8,11-12H,2,4,6-7,9H2,1H3. The second kappa shape index (κ2) is 6.10. The Morgan fingerprint density at radius 1 is 1.40 bits per heavy atom. The smallest absolute Gasteiger partial charge is 0.212 e. The van der Waals surface area contributed by atoms with Gasteiger partial charge >= 0.3 is 0 Å². The molecule has 2 heterocycles. The first-order chi connectivity index (χ1) is 9.26. The Hall–Kier alpha value is -0.480. The van der Waals surface area contributed by atoms with Crippen molar-refractivity contribution in [2.75, 3.05) is 25.1 Å². The Labute approximate surface area is 123 Å². The van der Waals surface area contributed by atoms with E-state index in [-0.39, 0.29) is 24.8 Å². The Kier molecular flexibility index (Phi) is 4.85. The van der Waals surface area contributed by atoms with Crippen molar-refractivity contribution >= 4 is 31.4 Å². The van der Waals surface area contributed by atoms with Crippen molar-refractivity contribution in [3.05, 3.63) is 22.4 Å². The first-order valence-electron chi connectivity index (χ1n) is 6.20. The molecule has 1 fully saturated rings. The van der Waals surface area contributed by atoms with E-state index in [0.717, 1.165) is 11.8 Å². The highest BCUT2D eigenvalue weighted by Crippen LogP contribution is 2.20. The van der Waals surface area contributed by atoms with Gasteiger partial charge in [-0.2, -0.15) is 11.3 Å². The molecule has 0 bridgehead atoms. The molecule has 0 spiro atoms. The van der Waals surface area contributed by atoms with Crippen molar-refractivity contribution in [1.29, 1.82) is 0 Å². The SMILES string of the molecule is CS(=O)(=O)N1CCC(CS(=O)(=O)NCc2ccsc2)C1. The van der Waals surface area contributed by atoms with Gasteiger partial charge in [0, 0.05) is 19.6 Å². The Morgan fingerprint density at radius 2 is 2.15 bits per heavy atom. The highest BCUT2D eigenvalue weighted by Gasteiger charge is 2.31. The molecule has 1 aromatic rings. The van der Waals surface area contributed by atoms with Gasteiger partial charge in [-0.05, 0) is 34.7 Å². The summed E-state index contributed by atoms with van der Waals surface area (Å²) in [5, 5.41) is 3.79. The maximum absolute atomic E-state index is 12.0. The summed E-state index contributed by atoms with van der Waals surface area (Å²) in [4.78, 5) is 0. The lowest BCUT2D eigenvalue weighted by Gasteiger charge is -2.13. The van der Waals surface area contributed by atoms with Crippen LogP contribution in [0.25, 0.3) is 0 Å². The molecule has 1 aliphatic rings. The number of thiophene rings is 1. The molecule has 1 atom stereocenters. The molecule has 0 amide bonds. The number of hydrogen-bond donors (Lipinski definition) is 1. The van der Waals surface area contributed by atoms with Gasteiger partial charge in [0.25, 0.3) is 0 Å². The highest BCUT2D eigenvalue weighted by atomic mass is 32.2. The minimum absolute atomic E-state index is 0.0246. The fourth-order valence-corrected chi connectivity index (χ4v) is 5.17. The number of rotatable bonds is 6. The first-order valence-corrected chi connectivity index (χ1v) is 10.6. The molecule has 20 heavy (non-hydrogen) atoms. The summed E-state index contributed by atoms with van der Waals surface area (Å²) in [5.41, 5.74) is 0.933. The monoisotopic (exact) mass is 338 g/mol. The summed E-state index contributed by atoms with van der Waals surface area (Å²) in [6.07, 6.45) is 1.74. The van der Waals surface area contributed by atoms with E-state index >= 15 is 0 Å². The van der Waals surface area contributed by atoms with Crippen LogP contribution in [0.5, 0.6) is 0 Å². The fraction of sp³-hybridized carbons (Fsp3) is 0.636. The molecule has 0 saturated carbocycles. The zero-order valence-corrected chi connectivity index (χ0v) is 13.6. The summed E-state index contributed by atoms with van der Waals surface area (Å²) in [6.45, 7) is 0.982. The van der Waals surface area contributed by atoms with Gasteiger partial charge < -0.3 is 0 Å². The third-order valence-corrected chi connectivity index (χ3v) is 6.75. The van der Waals surface area contributed by atoms with Crippen LogP contribution in [0.1, 0.15) is 12.0 Å². The van der Waals surface area contributed by atoms with E-state index in [1.54, 1.807) is 0 Å². The lowest BCUT2D eigenvalue weighted by molar-refractivity contribution is 0.467. The molecule has 2 rings (SSSR count). The summed E-state index contributed by atoms with van der Waals surface area (Å²) < 4.78 is 50.6. The van der Waals surface area contributed by atoms with Gasteiger partial charge in [-0.25, -0.2) is 25.9 Å². The van der Waals surface area contributed by atoms with Gasteiger partial charge in [-0.1, -0.05) is 0 Å². The van der Waals surface area contributed by atoms with Crippen LogP contribution in [0.15, 0.2) is 16.8 Å². The van der Waals surface area contributed by atoms with Gasteiger partial charge in [0.1, 0.15) is 0 Å². The average Bonchev–Trinajstić information content (AvgIpc) is 2.95. The zero-order chi connectivity index (χ0) is 14.8. The van der Waals surface area contributed by atoms with E-state index in [2.05, 4.69) is 4.72 Å². The van der Waals surface area contributed by atoms with E-state index in [0.29, 0.717) is 13.0 Å². The molecular formula is C11H18N2O4S3. The van der Waals surface area contributed by atoms with E-state index in [1.165, 1.54) is 15.6 Å². The van der Waals surface area contributed by atoms with Gasteiger partial charge in [-0.3, -0.25) is 0 Å². The summed E-state index contributed by atoms with van der Waals surface area (Å²) in [7, 11) is -6.60. The van der Waals surface area contributed by atoms with Gasteiger partial charge in [-0.15, -0.1) is 0 Å². The molecule has 0 aliphatic carbocycles. The third kappa shape index (κ3) is 4.52. The van der Waals surface area contributed by atoms with Crippen molar-refractivity contribution in [2.24, 2.45) is 5.92 Å². The number of nitrogens with one attached hydrogen (secondary N) is 1. The molecule has 0 radical (unpaired) electrons. The van der Waals surface area contributed by atoms with Crippen LogP contribution in [0.3, 0.4) is 0 Å². The van der Waals surface area contributed by atoms with E-state index in [1.807, 2.05) is 16.8 Å². The van der Waals surface area contributed by atoms with Crippen LogP contribution in [0.4, 0.5) is 0 Å². The largest absolute Gasteiger partial charge is 0.213 e. The van der Waals surface area contributed by atoms with Crippen LogP contribution >= 0.6 is 11.3 Å². The molecule has 1 aliphatic heterocycles. The van der Waals surface area contributed by atoms with Crippen molar-refractivity contribution in [1.82, 2.24) is 9.03 Å². The van der Waals surface area contributed by atoms with Gasteiger partial charge in [0.05, 0.1) is 12.0 Å². The molecule has 6 nitrogen and oxygen atoms in total. The molecule has 1 N–H and O–H groups in total. The Balaban J connectivity index is 1.86. The Bertz CT molecular complexity index is 637. The molecular weight excluding hydrogens is 320 g/mol. The fourth-order valence-electron chi connectivity index (χ4n) is 2.19. The van der Waals surface area contributed by atoms with Crippen molar-refractivity contribution in [3.63, 3.8) is 0 Å². The Morgan fingerprint density at radius 3 is 2.70 bits per heavy atom. The van der Waals surface area contributed by atoms with Crippen LogP contribution in [0, 0.1) is 5.92 Å². The summed E-state index contributed by atoms with van der Waals surface area (Å²) in [6, 6.07) is 1.87.